The minimum absolute atomic E-state index is 0.0861. The van der Waals surface area contributed by atoms with Crippen molar-refractivity contribution in [1.82, 2.24) is 9.88 Å². The number of hydrogen-bond donors (Lipinski definition) is 0. The zero-order chi connectivity index (χ0) is 30.4. The molecule has 1 saturated heterocycles. The van der Waals surface area contributed by atoms with Gasteiger partial charge in [-0.15, -0.1) is 11.3 Å². The van der Waals surface area contributed by atoms with E-state index < -0.39 is 27.7 Å². The minimum Gasteiger partial charge on any atom is -0.444 e. The summed E-state index contributed by atoms with van der Waals surface area (Å²) < 4.78 is 20.5. The maximum atomic E-state index is 13.7. The Morgan fingerprint density at radius 1 is 1.03 bits per heavy atom. The molecule has 0 bridgehead atoms. The molecule has 0 aromatic carbocycles. The highest BCUT2D eigenvalue weighted by molar-refractivity contribution is 7.26. The van der Waals surface area contributed by atoms with Crippen LogP contribution in [0.5, 0.6) is 0 Å². The molecule has 0 N–H and O–H groups in total. The molecule has 1 amide bonds. The normalized spacial score (nSPS) is 21.0. The van der Waals surface area contributed by atoms with Crippen molar-refractivity contribution in [3.05, 3.63) is 10.6 Å². The Bertz CT molecular complexity index is 1000. The van der Waals surface area contributed by atoms with Crippen LogP contribution in [0.1, 0.15) is 100 Å². The Morgan fingerprint density at radius 2 is 1.59 bits per heavy atom. The van der Waals surface area contributed by atoms with E-state index in [0.717, 1.165) is 18.5 Å². The van der Waals surface area contributed by atoms with Crippen molar-refractivity contribution in [1.29, 1.82) is 0 Å². The van der Waals surface area contributed by atoms with E-state index >= 15 is 0 Å². The van der Waals surface area contributed by atoms with Crippen LogP contribution in [0.15, 0.2) is 0 Å². The molecule has 2 atom stereocenters. The Kier molecular flexibility index (Phi) is 10.2. The first-order chi connectivity index (χ1) is 17.3. The zero-order valence-corrected chi connectivity index (χ0v) is 30.7. The van der Waals surface area contributed by atoms with E-state index in [4.69, 9.17) is 18.9 Å². The summed E-state index contributed by atoms with van der Waals surface area (Å²) in [5.41, 5.74) is -0.312. The fraction of sp³-hybridized carbons (Fsp3) is 0.867. The summed E-state index contributed by atoms with van der Waals surface area (Å²) in [7, 11) is -3.82. The lowest BCUT2D eigenvalue weighted by Crippen LogP contribution is -2.52. The number of nitrogens with zero attached hydrogens (tertiary/aromatic N) is 2. The van der Waals surface area contributed by atoms with Crippen LogP contribution in [0, 0.1) is 0 Å². The molecule has 0 spiro atoms. The first-order valence-electron chi connectivity index (χ1n) is 14.7. The second-order valence-electron chi connectivity index (χ2n) is 15.8. The molecule has 0 aliphatic carbocycles. The molecular weight excluding hydrogens is 541 g/mol. The maximum Gasteiger partial charge on any atom is 0.412 e. The molecular formula is C30H58N2O4SSi2. The molecule has 1 aliphatic rings. The predicted molar refractivity (Wildman–Crippen MR) is 171 cm³/mol. The van der Waals surface area contributed by atoms with E-state index in [1.54, 1.807) is 0 Å². The molecule has 9 heteroatoms. The number of ether oxygens (including phenoxy) is 2. The molecule has 2 unspecified atom stereocenters. The minimum atomic E-state index is -2.02. The van der Waals surface area contributed by atoms with Crippen molar-refractivity contribution in [3.8, 4) is 0 Å². The first kappa shape index (κ1) is 34.5. The lowest BCUT2D eigenvalue weighted by Gasteiger charge is -2.37. The van der Waals surface area contributed by atoms with Crippen LogP contribution in [0.3, 0.4) is 0 Å². The molecule has 226 valence electrons. The Balaban J connectivity index is 2.56. The summed E-state index contributed by atoms with van der Waals surface area (Å²) in [5, 5.41) is 0.287. The summed E-state index contributed by atoms with van der Waals surface area (Å²) in [4.78, 5) is 22.2. The number of hydrogen-bond acceptors (Lipinski definition) is 6. The van der Waals surface area contributed by atoms with E-state index in [1.807, 2.05) is 50.9 Å². The third-order valence-electron chi connectivity index (χ3n) is 8.85. The number of carbonyl (C=O) groups excluding carboxylic acids is 1. The van der Waals surface area contributed by atoms with Crippen molar-refractivity contribution in [3.63, 3.8) is 0 Å². The summed E-state index contributed by atoms with van der Waals surface area (Å²) in [5.74, 6) is 0. The van der Waals surface area contributed by atoms with Gasteiger partial charge in [-0.2, -0.15) is 0 Å². The number of rotatable bonds is 8. The van der Waals surface area contributed by atoms with Gasteiger partial charge < -0.3 is 13.9 Å². The van der Waals surface area contributed by atoms with E-state index in [9.17, 15) is 4.79 Å². The van der Waals surface area contributed by atoms with Gasteiger partial charge in [0.2, 0.25) is 0 Å². The number of aryl methyl sites for hydroxylation is 1. The standard InChI is InChI=1S/C30H58N2O4SSi2/c1-17-18-24-21(31-25(37-24)38(13,14)28(5,6)7)19-22-23(20-34-39(15,16)29(8,9)10)35-30(11,12)32(22)26(33)36-27(2,3)4/h22-23H,17-20H2,1-16H3. The van der Waals surface area contributed by atoms with Crippen LogP contribution in [0.4, 0.5) is 4.79 Å². The lowest BCUT2D eigenvalue weighted by molar-refractivity contribution is -0.0855. The van der Waals surface area contributed by atoms with Crippen molar-refractivity contribution >= 4 is 38.5 Å². The molecule has 0 radical (unpaired) electrons. The summed E-state index contributed by atoms with van der Waals surface area (Å²) in [6.45, 7) is 35.5. The fourth-order valence-corrected chi connectivity index (χ4v) is 9.68. The van der Waals surface area contributed by atoms with Gasteiger partial charge in [0.15, 0.2) is 8.32 Å². The summed E-state index contributed by atoms with van der Waals surface area (Å²) in [6, 6.07) is -0.232. The van der Waals surface area contributed by atoms with Gasteiger partial charge in [-0.25, -0.2) is 4.79 Å². The van der Waals surface area contributed by atoms with Crippen molar-refractivity contribution in [2.24, 2.45) is 0 Å². The van der Waals surface area contributed by atoms with Gasteiger partial charge in [-0.1, -0.05) is 68.0 Å². The third kappa shape index (κ3) is 7.96. The molecule has 6 nitrogen and oxygen atoms in total. The molecule has 1 fully saturated rings. The Labute approximate surface area is 245 Å². The molecule has 1 aromatic rings. The van der Waals surface area contributed by atoms with E-state index in [2.05, 4.69) is 74.7 Å². The molecule has 1 aliphatic heterocycles. The molecule has 2 heterocycles. The van der Waals surface area contributed by atoms with Gasteiger partial charge in [0.1, 0.15) is 25.5 Å². The number of thiazole rings is 1. The van der Waals surface area contributed by atoms with Crippen LogP contribution < -0.4 is 4.63 Å². The van der Waals surface area contributed by atoms with Crippen LogP contribution in [0.2, 0.25) is 36.3 Å². The highest BCUT2D eigenvalue weighted by Crippen LogP contribution is 2.41. The van der Waals surface area contributed by atoms with Gasteiger partial charge in [0, 0.05) is 11.3 Å². The van der Waals surface area contributed by atoms with Crippen LogP contribution in [-0.2, 0) is 26.7 Å². The smallest absolute Gasteiger partial charge is 0.412 e. The van der Waals surface area contributed by atoms with E-state index in [0.29, 0.717) is 13.0 Å². The van der Waals surface area contributed by atoms with Gasteiger partial charge >= 0.3 is 6.09 Å². The number of aromatic nitrogens is 1. The van der Waals surface area contributed by atoms with Gasteiger partial charge in [-0.3, -0.25) is 9.88 Å². The largest absolute Gasteiger partial charge is 0.444 e. The van der Waals surface area contributed by atoms with E-state index in [1.165, 1.54) is 9.51 Å². The van der Waals surface area contributed by atoms with Gasteiger partial charge in [-0.05, 0) is 64.2 Å². The average Bonchev–Trinajstić information content (AvgIpc) is 3.22. The summed E-state index contributed by atoms with van der Waals surface area (Å²) >= 11 is 1.89. The third-order valence-corrected chi connectivity index (χ3v) is 21.1. The molecule has 39 heavy (non-hydrogen) atoms. The predicted octanol–water partition coefficient (Wildman–Crippen LogP) is 8.12. The Morgan fingerprint density at radius 3 is 2.05 bits per heavy atom. The van der Waals surface area contributed by atoms with Crippen LogP contribution in [-0.4, -0.2) is 62.4 Å². The second-order valence-corrected chi connectivity index (χ2v) is 27.3. The second kappa shape index (κ2) is 11.5. The van der Waals surface area contributed by atoms with Gasteiger partial charge in [0.05, 0.1) is 23.0 Å². The number of carbonyl (C=O) groups is 1. The van der Waals surface area contributed by atoms with Crippen molar-refractivity contribution < 1.29 is 18.7 Å². The summed E-state index contributed by atoms with van der Waals surface area (Å²) in [6.07, 6.45) is 2.08. The van der Waals surface area contributed by atoms with Crippen molar-refractivity contribution in [2.45, 2.75) is 162 Å². The Hall–Kier alpha value is -0.746. The topological polar surface area (TPSA) is 60.9 Å². The highest BCUT2D eigenvalue weighted by atomic mass is 32.1. The molecule has 0 saturated carbocycles. The monoisotopic (exact) mass is 598 g/mol. The van der Waals surface area contributed by atoms with Crippen molar-refractivity contribution in [2.75, 3.05) is 6.61 Å². The van der Waals surface area contributed by atoms with Crippen LogP contribution >= 0.6 is 11.3 Å². The first-order valence-corrected chi connectivity index (χ1v) is 21.4. The van der Waals surface area contributed by atoms with E-state index in [-0.39, 0.29) is 28.3 Å². The molecule has 2 rings (SSSR count). The zero-order valence-electron chi connectivity index (χ0n) is 27.9. The SMILES string of the molecule is CCCc1sc([Si](C)(C)C(C)(C)C)nc1CC1C(CO[Si](C)(C)C(C)(C)C)OC(C)(C)N1C(=O)OC(C)(C)C. The lowest BCUT2D eigenvalue weighted by atomic mass is 10.0. The van der Waals surface area contributed by atoms with Crippen LogP contribution in [0.25, 0.3) is 0 Å². The average molecular weight is 599 g/mol. The maximum absolute atomic E-state index is 13.7. The fourth-order valence-electron chi connectivity index (χ4n) is 4.36. The quantitative estimate of drug-likeness (QED) is 0.283. The highest BCUT2D eigenvalue weighted by Gasteiger charge is 2.52. The number of amides is 1. The molecule has 1 aromatic heterocycles. The van der Waals surface area contributed by atoms with Gasteiger partial charge in [0.25, 0.3) is 0 Å².